The molecule has 0 fully saturated rings. The molecule has 3 rings (SSSR count). The number of hydrogen-bond donors (Lipinski definition) is 1. The summed E-state index contributed by atoms with van der Waals surface area (Å²) in [4.78, 5) is 12.9. The number of rotatable bonds is 7. The summed E-state index contributed by atoms with van der Waals surface area (Å²) in [7, 11) is -4.01. The fourth-order valence-corrected chi connectivity index (χ4v) is 4.90. The second kappa shape index (κ2) is 9.49. The van der Waals surface area contributed by atoms with Crippen LogP contribution in [0.3, 0.4) is 0 Å². The lowest BCUT2D eigenvalue weighted by atomic mass is 10.1. The first-order valence-electron chi connectivity index (χ1n) is 9.57. The molecule has 0 aliphatic carbocycles. The average molecular weight is 461 g/mol. The molecule has 1 N–H and O–H groups in total. The van der Waals surface area contributed by atoms with Gasteiger partial charge in [-0.2, -0.15) is 0 Å². The molecule has 5 nitrogen and oxygen atoms in total. The molecule has 0 aromatic heterocycles. The van der Waals surface area contributed by atoms with E-state index in [4.69, 9.17) is 11.6 Å². The number of carbonyl (C=O) groups is 1. The normalized spacial score (nSPS) is 12.3. The Morgan fingerprint density at radius 3 is 2.32 bits per heavy atom. The number of nitrogens with zero attached hydrogens (tertiary/aromatic N) is 1. The van der Waals surface area contributed by atoms with Crippen molar-refractivity contribution in [1.82, 2.24) is 5.32 Å². The summed E-state index contributed by atoms with van der Waals surface area (Å²) in [5, 5.41) is 3.24. The Labute approximate surface area is 186 Å². The van der Waals surface area contributed by atoms with E-state index in [1.807, 2.05) is 0 Å². The Morgan fingerprint density at radius 2 is 1.71 bits per heavy atom. The predicted molar refractivity (Wildman–Crippen MR) is 120 cm³/mol. The molecule has 1 atom stereocenters. The van der Waals surface area contributed by atoms with Crippen LogP contribution in [0.4, 0.5) is 10.1 Å². The monoisotopic (exact) mass is 460 g/mol. The number of anilines is 1. The molecule has 0 saturated carbocycles. The molecule has 3 aromatic carbocycles. The summed E-state index contributed by atoms with van der Waals surface area (Å²) >= 11 is 6.03. The molecule has 0 aliphatic rings. The Morgan fingerprint density at radius 1 is 1.06 bits per heavy atom. The van der Waals surface area contributed by atoms with Crippen molar-refractivity contribution in [3.63, 3.8) is 0 Å². The topological polar surface area (TPSA) is 66.5 Å². The van der Waals surface area contributed by atoms with Gasteiger partial charge >= 0.3 is 0 Å². The third-order valence-electron chi connectivity index (χ3n) is 4.79. The highest BCUT2D eigenvalue weighted by molar-refractivity contribution is 7.92. The van der Waals surface area contributed by atoms with E-state index in [0.717, 1.165) is 4.31 Å². The quantitative estimate of drug-likeness (QED) is 0.547. The minimum absolute atomic E-state index is 0.0729. The first kappa shape index (κ1) is 22.8. The van der Waals surface area contributed by atoms with Crippen LogP contribution in [0.5, 0.6) is 0 Å². The fraction of sp³-hybridized carbons (Fsp3) is 0.174. The highest BCUT2D eigenvalue weighted by Gasteiger charge is 2.28. The van der Waals surface area contributed by atoms with Crippen molar-refractivity contribution in [2.45, 2.75) is 24.8 Å². The highest BCUT2D eigenvalue weighted by Crippen LogP contribution is 2.29. The predicted octanol–water partition coefficient (Wildman–Crippen LogP) is 4.86. The second-order valence-corrected chi connectivity index (χ2v) is 9.40. The Hall–Kier alpha value is -2.90. The van der Waals surface area contributed by atoms with Crippen LogP contribution in [0.1, 0.15) is 24.1 Å². The maximum absolute atomic E-state index is 13.4. The van der Waals surface area contributed by atoms with Gasteiger partial charge in [0.05, 0.1) is 16.6 Å². The number of aryl methyl sites for hydroxylation is 1. The van der Waals surface area contributed by atoms with Gasteiger partial charge in [0.25, 0.3) is 10.0 Å². The number of sulfonamides is 1. The zero-order valence-corrected chi connectivity index (χ0v) is 18.6. The van der Waals surface area contributed by atoms with E-state index in [9.17, 15) is 17.6 Å². The lowest BCUT2D eigenvalue weighted by Crippen LogP contribution is -2.41. The van der Waals surface area contributed by atoms with E-state index in [1.54, 1.807) is 62.4 Å². The molecule has 31 heavy (non-hydrogen) atoms. The van der Waals surface area contributed by atoms with Crippen molar-refractivity contribution in [3.05, 3.63) is 94.8 Å². The van der Waals surface area contributed by atoms with Crippen molar-refractivity contribution in [3.8, 4) is 0 Å². The summed E-state index contributed by atoms with van der Waals surface area (Å²) in [6.45, 7) is 3.05. The molecular weight excluding hydrogens is 439 g/mol. The van der Waals surface area contributed by atoms with Crippen molar-refractivity contribution < 1.29 is 17.6 Å². The molecule has 0 aliphatic heterocycles. The lowest BCUT2D eigenvalue weighted by molar-refractivity contribution is -0.120. The van der Waals surface area contributed by atoms with Gasteiger partial charge in [0.2, 0.25) is 5.91 Å². The summed E-state index contributed by atoms with van der Waals surface area (Å²) in [5.74, 6) is -0.869. The van der Waals surface area contributed by atoms with Crippen LogP contribution in [0, 0.1) is 12.7 Å². The molecule has 1 amide bonds. The van der Waals surface area contributed by atoms with Gasteiger partial charge in [-0.1, -0.05) is 41.9 Å². The lowest BCUT2D eigenvalue weighted by Gasteiger charge is -2.26. The van der Waals surface area contributed by atoms with Crippen molar-refractivity contribution in [2.75, 3.05) is 10.8 Å². The van der Waals surface area contributed by atoms with E-state index >= 15 is 0 Å². The largest absolute Gasteiger partial charge is 0.348 e. The van der Waals surface area contributed by atoms with Crippen molar-refractivity contribution in [2.24, 2.45) is 0 Å². The summed E-state index contributed by atoms with van der Waals surface area (Å²) in [6.07, 6.45) is 0. The number of hydrogen-bond acceptors (Lipinski definition) is 3. The Balaban J connectivity index is 1.91. The highest BCUT2D eigenvalue weighted by atomic mass is 35.5. The molecular formula is C23H22ClFN2O3S. The van der Waals surface area contributed by atoms with Crippen LogP contribution in [-0.4, -0.2) is 20.9 Å². The van der Waals surface area contributed by atoms with E-state index in [-0.39, 0.29) is 10.7 Å². The maximum Gasteiger partial charge on any atom is 0.264 e. The number of nitrogens with one attached hydrogen (secondary N) is 1. The van der Waals surface area contributed by atoms with Crippen LogP contribution < -0.4 is 9.62 Å². The Kier molecular flexibility index (Phi) is 6.97. The van der Waals surface area contributed by atoms with Gasteiger partial charge < -0.3 is 5.32 Å². The van der Waals surface area contributed by atoms with E-state index in [1.165, 1.54) is 24.3 Å². The summed E-state index contributed by atoms with van der Waals surface area (Å²) < 4.78 is 41.0. The molecule has 0 spiro atoms. The third kappa shape index (κ3) is 5.42. The smallest absolute Gasteiger partial charge is 0.264 e. The van der Waals surface area contributed by atoms with Crippen LogP contribution in [-0.2, 0) is 14.8 Å². The van der Waals surface area contributed by atoms with Crippen molar-refractivity contribution >= 4 is 33.2 Å². The average Bonchev–Trinajstić information content (AvgIpc) is 2.73. The zero-order valence-electron chi connectivity index (χ0n) is 17.0. The summed E-state index contributed by atoms with van der Waals surface area (Å²) in [5.41, 5.74) is 1.68. The van der Waals surface area contributed by atoms with Gasteiger partial charge in [0.15, 0.2) is 0 Å². The molecule has 0 radical (unpaired) electrons. The zero-order chi connectivity index (χ0) is 22.6. The Bertz CT molecular complexity index is 1170. The molecule has 0 saturated heterocycles. The van der Waals surface area contributed by atoms with Gasteiger partial charge in [0.1, 0.15) is 12.4 Å². The molecule has 0 heterocycles. The fourth-order valence-electron chi connectivity index (χ4n) is 3.17. The van der Waals surface area contributed by atoms with Gasteiger partial charge in [-0.05, 0) is 67.4 Å². The van der Waals surface area contributed by atoms with Crippen LogP contribution in [0.25, 0.3) is 0 Å². The first-order valence-corrected chi connectivity index (χ1v) is 11.4. The van der Waals surface area contributed by atoms with Crippen molar-refractivity contribution in [1.29, 1.82) is 0 Å². The van der Waals surface area contributed by atoms with Gasteiger partial charge in [-0.3, -0.25) is 9.10 Å². The maximum atomic E-state index is 13.4. The number of carbonyl (C=O) groups excluding carboxylic acids is 1. The number of benzene rings is 3. The molecule has 0 bridgehead atoms. The number of amides is 1. The van der Waals surface area contributed by atoms with E-state index in [0.29, 0.717) is 21.8 Å². The van der Waals surface area contributed by atoms with Gasteiger partial charge in [-0.15, -0.1) is 0 Å². The molecule has 3 aromatic rings. The summed E-state index contributed by atoms with van der Waals surface area (Å²) in [6, 6.07) is 18.0. The molecule has 162 valence electrons. The number of halogens is 2. The minimum Gasteiger partial charge on any atom is -0.348 e. The van der Waals surface area contributed by atoms with Crippen LogP contribution in [0.2, 0.25) is 5.02 Å². The van der Waals surface area contributed by atoms with E-state index < -0.39 is 28.5 Å². The van der Waals surface area contributed by atoms with Gasteiger partial charge in [0, 0.05) is 5.02 Å². The molecule has 0 unspecified atom stereocenters. The molecule has 8 heteroatoms. The van der Waals surface area contributed by atoms with Crippen LogP contribution in [0.15, 0.2) is 77.7 Å². The van der Waals surface area contributed by atoms with Gasteiger partial charge in [-0.25, -0.2) is 12.8 Å². The third-order valence-corrected chi connectivity index (χ3v) is 6.80. The standard InChI is InChI=1S/C23H22ClFN2O3S/c1-16-14-19(24)10-13-22(16)27(31(29,30)21-6-4-3-5-7-21)15-23(28)26-17(2)18-8-11-20(25)12-9-18/h3-14,17H,15H2,1-2H3,(H,26,28)/t17-/m1/s1. The first-order chi connectivity index (χ1) is 14.7. The van der Waals surface area contributed by atoms with E-state index in [2.05, 4.69) is 5.32 Å². The van der Waals surface area contributed by atoms with Crippen LogP contribution >= 0.6 is 11.6 Å². The SMILES string of the molecule is Cc1cc(Cl)ccc1N(CC(=O)N[C@H](C)c1ccc(F)cc1)S(=O)(=O)c1ccccc1. The minimum atomic E-state index is -4.01. The second-order valence-electron chi connectivity index (χ2n) is 7.10.